The molecule has 17 heavy (non-hydrogen) atoms. The molecule has 0 saturated heterocycles. The van der Waals surface area contributed by atoms with E-state index in [4.69, 9.17) is 11.6 Å². The van der Waals surface area contributed by atoms with Gasteiger partial charge in [0.2, 0.25) is 0 Å². The van der Waals surface area contributed by atoms with Crippen molar-refractivity contribution < 1.29 is 4.79 Å². The summed E-state index contributed by atoms with van der Waals surface area (Å²) in [6.07, 6.45) is 0. The van der Waals surface area contributed by atoms with Crippen molar-refractivity contribution in [2.75, 3.05) is 10.6 Å². The van der Waals surface area contributed by atoms with E-state index in [1.54, 1.807) is 18.2 Å². The lowest BCUT2D eigenvalue weighted by molar-refractivity contribution is 0.102. The van der Waals surface area contributed by atoms with Gasteiger partial charge in [-0.3, -0.25) is 4.79 Å². The quantitative estimate of drug-likeness (QED) is 0.702. The van der Waals surface area contributed by atoms with Gasteiger partial charge in [-0.15, -0.1) is 0 Å². The molecule has 0 radical (unpaired) electrons. The van der Waals surface area contributed by atoms with Gasteiger partial charge in [-0.25, -0.2) is 4.98 Å². The zero-order valence-electron chi connectivity index (χ0n) is 8.70. The normalized spacial score (nSPS) is 12.9. The van der Waals surface area contributed by atoms with E-state index in [0.29, 0.717) is 22.2 Å². The average molecular weight is 246 g/mol. The Morgan fingerprint density at radius 1 is 1.00 bits per heavy atom. The Morgan fingerprint density at radius 3 is 2.71 bits per heavy atom. The second-order valence-corrected chi connectivity index (χ2v) is 4.04. The molecule has 4 nitrogen and oxygen atoms in total. The number of nitrogens with zero attached hydrogens (tertiary/aromatic N) is 1. The summed E-state index contributed by atoms with van der Waals surface area (Å²) >= 11 is 5.83. The number of halogens is 1. The third-order valence-corrected chi connectivity index (χ3v) is 2.74. The first-order valence-electron chi connectivity index (χ1n) is 5.08. The van der Waals surface area contributed by atoms with Gasteiger partial charge < -0.3 is 10.6 Å². The van der Waals surface area contributed by atoms with E-state index >= 15 is 0 Å². The minimum Gasteiger partial charge on any atom is -0.338 e. The monoisotopic (exact) mass is 245 g/mol. The zero-order chi connectivity index (χ0) is 11.8. The maximum Gasteiger partial charge on any atom is 0.257 e. The van der Waals surface area contributed by atoms with E-state index in [-0.39, 0.29) is 5.91 Å². The van der Waals surface area contributed by atoms with E-state index in [0.717, 1.165) is 5.69 Å². The molecule has 0 atom stereocenters. The van der Waals surface area contributed by atoms with Gasteiger partial charge in [0, 0.05) is 0 Å². The van der Waals surface area contributed by atoms with Gasteiger partial charge >= 0.3 is 0 Å². The van der Waals surface area contributed by atoms with Crippen molar-refractivity contribution in [1.82, 2.24) is 4.98 Å². The summed E-state index contributed by atoms with van der Waals surface area (Å²) in [4.78, 5) is 16.1. The summed E-state index contributed by atoms with van der Waals surface area (Å²) in [5, 5.41) is 6.26. The molecule has 1 aliphatic rings. The Labute approximate surface area is 103 Å². The smallest absolute Gasteiger partial charge is 0.257 e. The van der Waals surface area contributed by atoms with Crippen molar-refractivity contribution in [3.63, 3.8) is 0 Å². The van der Waals surface area contributed by atoms with Crippen LogP contribution in [0.2, 0.25) is 5.15 Å². The minimum atomic E-state index is -0.157. The number of para-hydroxylation sites is 1. The fourth-order valence-electron chi connectivity index (χ4n) is 1.74. The summed E-state index contributed by atoms with van der Waals surface area (Å²) in [6, 6.07) is 10.6. The van der Waals surface area contributed by atoms with Gasteiger partial charge in [-0.2, -0.15) is 0 Å². The Bertz CT molecular complexity index is 612. The highest BCUT2D eigenvalue weighted by molar-refractivity contribution is 6.29. The van der Waals surface area contributed by atoms with Gasteiger partial charge in [0.25, 0.3) is 5.91 Å². The molecule has 3 rings (SSSR count). The van der Waals surface area contributed by atoms with E-state index in [1.807, 2.05) is 18.2 Å². The number of carbonyl (C=O) groups is 1. The molecule has 0 bridgehead atoms. The van der Waals surface area contributed by atoms with Crippen molar-refractivity contribution in [3.05, 3.63) is 47.1 Å². The number of nitrogens with one attached hydrogen (secondary N) is 2. The van der Waals surface area contributed by atoms with Crippen LogP contribution in [-0.2, 0) is 0 Å². The molecule has 0 aliphatic carbocycles. The minimum absolute atomic E-state index is 0.157. The standard InChI is InChI=1S/C12H8ClN3O/c13-10-6-5-9-11(16-10)14-8-4-2-1-3-7(8)12(17)15-9/h1-6H,(H,14,16)(H,15,17). The molecule has 0 saturated carbocycles. The second kappa shape index (κ2) is 3.75. The number of aromatic nitrogens is 1. The highest BCUT2D eigenvalue weighted by atomic mass is 35.5. The average Bonchev–Trinajstić information content (AvgIpc) is 2.46. The summed E-state index contributed by atoms with van der Waals surface area (Å²) in [5.41, 5.74) is 1.93. The molecule has 0 fully saturated rings. The molecule has 2 aromatic rings. The predicted octanol–water partition coefficient (Wildman–Crippen LogP) is 3.04. The Balaban J connectivity index is 2.18. The summed E-state index contributed by atoms with van der Waals surface area (Å²) < 4.78 is 0. The molecule has 1 aromatic heterocycles. The van der Waals surface area contributed by atoms with Crippen molar-refractivity contribution in [2.24, 2.45) is 0 Å². The fraction of sp³-hybridized carbons (Fsp3) is 0. The molecule has 84 valence electrons. The lowest BCUT2D eigenvalue weighted by Gasteiger charge is -2.06. The lowest BCUT2D eigenvalue weighted by atomic mass is 10.1. The number of benzene rings is 1. The summed E-state index contributed by atoms with van der Waals surface area (Å²) in [5.74, 6) is 0.395. The fourth-order valence-corrected chi connectivity index (χ4v) is 1.89. The van der Waals surface area contributed by atoms with E-state index < -0.39 is 0 Å². The van der Waals surface area contributed by atoms with Crippen LogP contribution >= 0.6 is 11.6 Å². The van der Waals surface area contributed by atoms with Crippen LogP contribution < -0.4 is 10.6 Å². The van der Waals surface area contributed by atoms with Crippen molar-refractivity contribution >= 4 is 34.7 Å². The van der Waals surface area contributed by atoms with Crippen molar-refractivity contribution in [3.8, 4) is 0 Å². The Kier molecular flexibility index (Phi) is 2.23. The number of carbonyl (C=O) groups excluding carboxylic acids is 1. The van der Waals surface area contributed by atoms with Crippen LogP contribution in [0.5, 0.6) is 0 Å². The molecule has 0 unspecified atom stereocenters. The van der Waals surface area contributed by atoms with Crippen molar-refractivity contribution in [1.29, 1.82) is 0 Å². The van der Waals surface area contributed by atoms with E-state index in [1.165, 1.54) is 0 Å². The first kappa shape index (κ1) is 10.1. The van der Waals surface area contributed by atoms with Gasteiger partial charge in [-0.1, -0.05) is 23.7 Å². The molecule has 1 amide bonds. The molecular weight excluding hydrogens is 238 g/mol. The number of hydrogen-bond donors (Lipinski definition) is 2. The topological polar surface area (TPSA) is 54.0 Å². The Morgan fingerprint density at radius 2 is 1.82 bits per heavy atom. The largest absolute Gasteiger partial charge is 0.338 e. The van der Waals surface area contributed by atoms with Gasteiger partial charge in [0.15, 0.2) is 5.82 Å². The summed E-state index contributed by atoms with van der Waals surface area (Å²) in [6.45, 7) is 0. The van der Waals surface area contributed by atoms with Crippen molar-refractivity contribution in [2.45, 2.75) is 0 Å². The van der Waals surface area contributed by atoms with Crippen LogP contribution in [-0.4, -0.2) is 10.9 Å². The van der Waals surface area contributed by atoms with Gasteiger partial charge in [-0.05, 0) is 24.3 Å². The molecule has 5 heteroatoms. The SMILES string of the molecule is O=C1Nc2ccc(Cl)nc2Nc2ccccc21. The zero-order valence-corrected chi connectivity index (χ0v) is 9.45. The third-order valence-electron chi connectivity index (χ3n) is 2.53. The molecule has 0 spiro atoms. The number of pyridine rings is 1. The van der Waals surface area contributed by atoms with E-state index in [2.05, 4.69) is 15.6 Å². The van der Waals surface area contributed by atoms with E-state index in [9.17, 15) is 4.79 Å². The predicted molar refractivity (Wildman–Crippen MR) is 66.9 cm³/mol. The first-order chi connectivity index (χ1) is 8.24. The maximum atomic E-state index is 11.9. The molecule has 2 N–H and O–H groups in total. The van der Waals surface area contributed by atoms with Gasteiger partial charge in [0.1, 0.15) is 5.15 Å². The van der Waals surface area contributed by atoms with Crippen LogP contribution in [0, 0.1) is 0 Å². The van der Waals surface area contributed by atoms with Gasteiger partial charge in [0.05, 0.1) is 16.9 Å². The van der Waals surface area contributed by atoms with Crippen LogP contribution in [0.4, 0.5) is 17.2 Å². The summed E-state index contributed by atoms with van der Waals surface area (Å²) in [7, 11) is 0. The highest BCUT2D eigenvalue weighted by Crippen LogP contribution is 2.31. The van der Waals surface area contributed by atoms with Crippen LogP contribution in [0.15, 0.2) is 36.4 Å². The number of anilines is 3. The second-order valence-electron chi connectivity index (χ2n) is 3.65. The number of rotatable bonds is 0. The Hall–Kier alpha value is -2.07. The number of fused-ring (bicyclic) bond motifs is 2. The molecular formula is C12H8ClN3O. The number of amides is 1. The first-order valence-corrected chi connectivity index (χ1v) is 5.46. The van der Waals surface area contributed by atoms with Crippen LogP contribution in [0.25, 0.3) is 0 Å². The van der Waals surface area contributed by atoms with Crippen LogP contribution in [0.1, 0.15) is 10.4 Å². The molecule has 2 heterocycles. The highest BCUT2D eigenvalue weighted by Gasteiger charge is 2.19. The maximum absolute atomic E-state index is 11.9. The molecule has 1 aromatic carbocycles. The number of hydrogen-bond acceptors (Lipinski definition) is 3. The lowest BCUT2D eigenvalue weighted by Crippen LogP contribution is -2.10. The molecule has 1 aliphatic heterocycles. The van der Waals surface area contributed by atoms with Crippen LogP contribution in [0.3, 0.4) is 0 Å². The third kappa shape index (κ3) is 1.72.